The van der Waals surface area contributed by atoms with E-state index >= 15 is 8.42 Å². The minimum absolute atomic E-state index is 0.114. The first-order valence-electron chi connectivity index (χ1n) is 18.9. The summed E-state index contributed by atoms with van der Waals surface area (Å²) >= 11 is 0. The van der Waals surface area contributed by atoms with Gasteiger partial charge in [0.25, 0.3) is 8.32 Å². The van der Waals surface area contributed by atoms with Crippen LogP contribution in [-0.4, -0.2) is 72.5 Å². The van der Waals surface area contributed by atoms with Crippen LogP contribution in [0.15, 0.2) is 108 Å². The lowest BCUT2D eigenvalue weighted by Crippen LogP contribution is -2.67. The van der Waals surface area contributed by atoms with E-state index in [0.717, 1.165) is 15.9 Å². The second-order valence-corrected chi connectivity index (χ2v) is 27.9. The number of rotatable bonds is 9. The number of piperidine rings is 1. The van der Waals surface area contributed by atoms with Crippen molar-refractivity contribution in [3.63, 3.8) is 0 Å². The average molecular weight is 769 g/mol. The van der Waals surface area contributed by atoms with Gasteiger partial charge in [0.2, 0.25) is 15.9 Å². The predicted molar refractivity (Wildman–Crippen MR) is 213 cm³/mol. The van der Waals surface area contributed by atoms with E-state index in [-0.39, 0.29) is 34.5 Å². The van der Waals surface area contributed by atoms with E-state index in [9.17, 15) is 4.79 Å². The Kier molecular flexibility index (Phi) is 10.3. The number of carbonyl (C=O) groups is 1. The Bertz CT molecular complexity index is 1960. The van der Waals surface area contributed by atoms with E-state index in [4.69, 9.17) is 14.2 Å². The molecule has 8 nitrogen and oxygen atoms in total. The molecule has 0 bridgehead atoms. The number of hydrogen-bond donors (Lipinski definition) is 1. The summed E-state index contributed by atoms with van der Waals surface area (Å²) in [5.41, 5.74) is 3.34. The fraction of sp³-hybridized carbons (Fsp3) is 0.452. The number of nitrogens with zero attached hydrogens (tertiary/aromatic N) is 1. The molecule has 4 aliphatic rings. The topological polar surface area (TPSA) is 94.2 Å². The number of benzene rings is 3. The first kappa shape index (κ1) is 37.9. The van der Waals surface area contributed by atoms with Crippen molar-refractivity contribution < 1.29 is 27.4 Å². The third kappa shape index (κ3) is 6.71. The number of fused-ring (bicyclic) bond motifs is 3. The van der Waals surface area contributed by atoms with E-state index in [1.807, 2.05) is 36.4 Å². The highest BCUT2D eigenvalue weighted by Gasteiger charge is 2.73. The SMILES string of the molecule is CC(C)(C)[Si](OC[C@H]1C[C@]23C(=O)NCC[C@H]2C2=CC(CCC#C[Si](C)(C)C)OOC2[C@@H]3N1S(=O)(=O)c1ccccc1)(c1ccccc1)c1ccccc1. The summed E-state index contributed by atoms with van der Waals surface area (Å²) in [6, 6.07) is 27.8. The molecular formula is C42H52N2O6SSi2. The molecule has 3 fully saturated rings. The van der Waals surface area contributed by atoms with Crippen LogP contribution in [-0.2, 0) is 29.0 Å². The molecule has 7 rings (SSSR count). The molecule has 1 N–H and O–H groups in total. The maximum atomic E-state index is 15.0. The van der Waals surface area contributed by atoms with Crippen molar-refractivity contribution in [3.05, 3.63) is 103 Å². The summed E-state index contributed by atoms with van der Waals surface area (Å²) in [6.45, 7) is 13.9. The van der Waals surface area contributed by atoms with Crippen LogP contribution in [0.4, 0.5) is 0 Å². The first-order valence-corrected chi connectivity index (χ1v) is 25.7. The van der Waals surface area contributed by atoms with Crippen LogP contribution in [0.2, 0.25) is 24.7 Å². The molecule has 3 aromatic rings. The van der Waals surface area contributed by atoms with Gasteiger partial charge in [0.05, 0.1) is 23.0 Å². The van der Waals surface area contributed by atoms with Crippen LogP contribution < -0.4 is 15.7 Å². The maximum absolute atomic E-state index is 15.0. The van der Waals surface area contributed by atoms with Crippen molar-refractivity contribution in [1.29, 1.82) is 0 Å². The average Bonchev–Trinajstić information content (AvgIpc) is 3.61. The normalized spacial score (nSPS) is 27.5. The highest BCUT2D eigenvalue weighted by molar-refractivity contribution is 7.89. The number of sulfonamides is 1. The maximum Gasteiger partial charge on any atom is 0.261 e. The van der Waals surface area contributed by atoms with E-state index in [1.54, 1.807) is 34.6 Å². The Hall–Kier alpha value is -3.35. The molecule has 3 aliphatic heterocycles. The van der Waals surface area contributed by atoms with Crippen LogP contribution >= 0.6 is 0 Å². The van der Waals surface area contributed by atoms with Gasteiger partial charge in [0.1, 0.15) is 20.3 Å². The molecule has 1 amide bonds. The van der Waals surface area contributed by atoms with E-state index in [0.29, 0.717) is 32.2 Å². The lowest BCUT2D eigenvalue weighted by Gasteiger charge is -2.44. The van der Waals surface area contributed by atoms with Crippen LogP contribution in [0, 0.1) is 22.8 Å². The summed E-state index contributed by atoms with van der Waals surface area (Å²) in [6.07, 6.45) is 3.37. The number of nitrogens with one attached hydrogen (secondary N) is 1. The molecule has 11 heteroatoms. The van der Waals surface area contributed by atoms with Gasteiger partial charge in [-0.25, -0.2) is 18.2 Å². The second kappa shape index (κ2) is 14.4. The molecule has 0 radical (unpaired) electrons. The molecule has 1 aliphatic carbocycles. The molecule has 53 heavy (non-hydrogen) atoms. The molecular weight excluding hydrogens is 717 g/mol. The minimum Gasteiger partial charge on any atom is -0.406 e. The molecule has 1 spiro atoms. The van der Waals surface area contributed by atoms with Gasteiger partial charge in [-0.15, -0.1) is 11.5 Å². The third-order valence-corrected chi connectivity index (χ3v) is 19.3. The lowest BCUT2D eigenvalue weighted by molar-refractivity contribution is -0.347. The fourth-order valence-corrected chi connectivity index (χ4v) is 16.5. The standard InChI is InChI=1S/C42H52N2O6SSi2/c1-41(2,3)53(34-21-12-8-13-22-34,35-23-14-9-15-24-35)48-30-31-29-42-37(25-26-43-40(42)45)36-28-32(18-16-17-27-52(4,5)6)49-50-38(36)39(42)44(31)51(46,47)33-19-10-7-11-20-33/h7-15,19-24,28,31-32,37-39H,16,18,25-26,29-30H2,1-6H3,(H,43,45)/t31-,32?,37+,38?,39+,42+/m1/s1. The Morgan fingerprint density at radius 2 is 1.53 bits per heavy atom. The number of amides is 1. The first-order chi connectivity index (χ1) is 25.2. The number of hydrogen-bond acceptors (Lipinski definition) is 6. The van der Waals surface area contributed by atoms with Gasteiger partial charge >= 0.3 is 0 Å². The van der Waals surface area contributed by atoms with Crippen molar-refractivity contribution in [2.45, 2.75) is 100 Å². The quantitative estimate of drug-likeness (QED) is 0.128. The van der Waals surface area contributed by atoms with Crippen molar-refractivity contribution in [2.24, 2.45) is 11.3 Å². The predicted octanol–water partition coefficient (Wildman–Crippen LogP) is 5.82. The van der Waals surface area contributed by atoms with Crippen molar-refractivity contribution in [2.75, 3.05) is 13.2 Å². The van der Waals surface area contributed by atoms with E-state index < -0.39 is 50.0 Å². The zero-order valence-corrected chi connectivity index (χ0v) is 34.5. The highest BCUT2D eigenvalue weighted by atomic mass is 32.2. The molecule has 280 valence electrons. The molecule has 0 aromatic heterocycles. The van der Waals surface area contributed by atoms with Crippen molar-refractivity contribution in [3.8, 4) is 11.5 Å². The van der Waals surface area contributed by atoms with Gasteiger partial charge in [-0.2, -0.15) is 4.31 Å². The van der Waals surface area contributed by atoms with Gasteiger partial charge in [0, 0.05) is 24.9 Å². The van der Waals surface area contributed by atoms with E-state index in [1.165, 1.54) is 0 Å². The summed E-state index contributed by atoms with van der Waals surface area (Å²) in [5.74, 6) is 3.00. The van der Waals surface area contributed by atoms with Crippen LogP contribution in [0.25, 0.3) is 0 Å². The lowest BCUT2D eigenvalue weighted by atomic mass is 9.69. The van der Waals surface area contributed by atoms with Crippen LogP contribution in [0.5, 0.6) is 0 Å². The fourth-order valence-electron chi connectivity index (χ4n) is 9.33. The largest absolute Gasteiger partial charge is 0.406 e. The zero-order chi connectivity index (χ0) is 37.6. The van der Waals surface area contributed by atoms with Gasteiger partial charge in [-0.1, -0.05) is 125 Å². The monoisotopic (exact) mass is 768 g/mol. The van der Waals surface area contributed by atoms with Crippen molar-refractivity contribution in [1.82, 2.24) is 9.62 Å². The molecule has 2 unspecified atom stereocenters. The van der Waals surface area contributed by atoms with Gasteiger partial charge in [-0.3, -0.25) is 4.79 Å². The zero-order valence-electron chi connectivity index (χ0n) is 31.7. The van der Waals surface area contributed by atoms with Gasteiger partial charge < -0.3 is 9.74 Å². The van der Waals surface area contributed by atoms with Gasteiger partial charge in [0.15, 0.2) is 0 Å². The second-order valence-electron chi connectivity index (χ2n) is 17.0. The molecule has 6 atom stereocenters. The molecule has 1 saturated carbocycles. The smallest absolute Gasteiger partial charge is 0.261 e. The Balaban J connectivity index is 1.32. The molecule has 3 aromatic carbocycles. The van der Waals surface area contributed by atoms with Crippen LogP contribution in [0.3, 0.4) is 0 Å². The molecule has 2 saturated heterocycles. The van der Waals surface area contributed by atoms with Crippen LogP contribution in [0.1, 0.15) is 46.5 Å². The van der Waals surface area contributed by atoms with Gasteiger partial charge in [-0.05, 0) is 52.4 Å². The summed E-state index contributed by atoms with van der Waals surface area (Å²) < 4.78 is 39.1. The Morgan fingerprint density at radius 3 is 2.11 bits per heavy atom. The highest BCUT2D eigenvalue weighted by Crippen LogP contribution is 2.62. The Labute approximate surface area is 317 Å². The Morgan fingerprint density at radius 1 is 0.925 bits per heavy atom. The van der Waals surface area contributed by atoms with Crippen molar-refractivity contribution >= 4 is 42.7 Å². The summed E-state index contributed by atoms with van der Waals surface area (Å²) in [7, 11) is -8.70. The third-order valence-electron chi connectivity index (χ3n) is 11.4. The van der Waals surface area contributed by atoms with E-state index in [2.05, 4.69) is 87.5 Å². The summed E-state index contributed by atoms with van der Waals surface area (Å²) in [4.78, 5) is 27.0. The summed E-state index contributed by atoms with van der Waals surface area (Å²) in [5, 5.41) is 5.04. The minimum atomic E-state index is -4.14. The number of carbonyl (C=O) groups excluding carboxylic acids is 1. The molecule has 3 heterocycles.